The van der Waals surface area contributed by atoms with Gasteiger partial charge in [0.25, 0.3) is 5.89 Å². The lowest BCUT2D eigenvalue weighted by molar-refractivity contribution is 0.397. The number of hydrogen-bond donors (Lipinski definition) is 0. The Bertz CT molecular complexity index is 1050. The third-order valence-electron chi connectivity index (χ3n) is 4.02. The van der Waals surface area contributed by atoms with E-state index in [-0.39, 0.29) is 0 Å². The van der Waals surface area contributed by atoms with E-state index in [2.05, 4.69) is 15.3 Å². The van der Waals surface area contributed by atoms with Crippen molar-refractivity contribution in [2.45, 2.75) is 13.8 Å². The summed E-state index contributed by atoms with van der Waals surface area (Å²) in [7, 11) is 0. The van der Waals surface area contributed by atoms with Crippen LogP contribution in [-0.2, 0) is 0 Å². The molecule has 2 aromatic carbocycles. The van der Waals surface area contributed by atoms with Crippen LogP contribution in [0.3, 0.4) is 0 Å². The van der Waals surface area contributed by atoms with Gasteiger partial charge in [0.1, 0.15) is 17.0 Å². The van der Waals surface area contributed by atoms with Gasteiger partial charge in [-0.15, -0.1) is 0 Å². The van der Waals surface area contributed by atoms with Crippen LogP contribution in [0.1, 0.15) is 11.3 Å². The largest absolute Gasteiger partial charge is 0.360 e. The van der Waals surface area contributed by atoms with Crippen LogP contribution in [0, 0.1) is 13.8 Å². The lowest BCUT2D eigenvalue weighted by Gasteiger charge is -2.01. The Balaban J connectivity index is 1.84. The molecule has 0 saturated carbocycles. The molecule has 124 valence electrons. The quantitative estimate of drug-likeness (QED) is 0.499. The molecule has 0 bridgehead atoms. The van der Waals surface area contributed by atoms with Crippen molar-refractivity contribution in [1.29, 1.82) is 0 Å². The molecule has 0 saturated heterocycles. The fraction of sp³-hybridized carbons (Fsp3) is 0.105. The highest BCUT2D eigenvalue weighted by atomic mass is 35.5. The first-order valence-corrected chi connectivity index (χ1v) is 8.14. The summed E-state index contributed by atoms with van der Waals surface area (Å²) in [6.07, 6.45) is 0. The number of benzene rings is 2. The van der Waals surface area contributed by atoms with Crippen molar-refractivity contribution in [3.63, 3.8) is 0 Å². The van der Waals surface area contributed by atoms with E-state index in [1.165, 1.54) is 0 Å². The van der Waals surface area contributed by atoms with E-state index in [1.807, 2.05) is 49.4 Å². The van der Waals surface area contributed by atoms with Crippen LogP contribution in [-0.4, -0.2) is 15.3 Å². The second-order valence-corrected chi connectivity index (χ2v) is 6.09. The molecule has 4 rings (SSSR count). The average molecular weight is 352 g/mol. The minimum Gasteiger partial charge on any atom is -0.360 e. The van der Waals surface area contributed by atoms with Gasteiger partial charge < -0.3 is 9.05 Å². The van der Waals surface area contributed by atoms with Gasteiger partial charge in [-0.1, -0.05) is 64.4 Å². The smallest absolute Gasteiger partial charge is 0.264 e. The molecule has 0 aliphatic carbocycles. The molecule has 0 fully saturated rings. The monoisotopic (exact) mass is 351 g/mol. The van der Waals surface area contributed by atoms with Crippen LogP contribution >= 0.6 is 11.6 Å². The van der Waals surface area contributed by atoms with E-state index >= 15 is 0 Å². The summed E-state index contributed by atoms with van der Waals surface area (Å²) in [5.74, 6) is 1.47. The standard InChI is InChI=1S/C19H14ClN3O2/c1-11-7-3-4-8-13(11)18-21-19(25-23-18)16-12(2)24-22-17(16)14-9-5-6-10-15(14)20/h3-10H,1-2H3. The molecule has 0 spiro atoms. The highest BCUT2D eigenvalue weighted by molar-refractivity contribution is 6.33. The number of rotatable bonds is 3. The predicted octanol–water partition coefficient (Wildman–Crippen LogP) is 5.33. The number of aromatic nitrogens is 3. The molecule has 0 N–H and O–H groups in total. The van der Waals surface area contributed by atoms with Gasteiger partial charge in [-0.3, -0.25) is 0 Å². The van der Waals surface area contributed by atoms with Gasteiger partial charge >= 0.3 is 0 Å². The average Bonchev–Trinajstić information content (AvgIpc) is 3.22. The number of nitrogens with zero attached hydrogens (tertiary/aromatic N) is 3. The molecule has 25 heavy (non-hydrogen) atoms. The van der Waals surface area contributed by atoms with E-state index in [0.29, 0.717) is 33.8 Å². The first-order chi connectivity index (χ1) is 12.1. The Kier molecular flexibility index (Phi) is 3.86. The van der Waals surface area contributed by atoms with E-state index < -0.39 is 0 Å². The minimum absolute atomic E-state index is 0.354. The van der Waals surface area contributed by atoms with Gasteiger partial charge in [0.2, 0.25) is 5.82 Å². The zero-order chi connectivity index (χ0) is 17.4. The minimum atomic E-state index is 0.354. The van der Waals surface area contributed by atoms with Crippen molar-refractivity contribution in [3.05, 3.63) is 64.9 Å². The first kappa shape index (κ1) is 15.6. The van der Waals surface area contributed by atoms with E-state index in [4.69, 9.17) is 20.6 Å². The topological polar surface area (TPSA) is 65.0 Å². The summed E-state index contributed by atoms with van der Waals surface area (Å²) in [5, 5.41) is 8.83. The summed E-state index contributed by atoms with van der Waals surface area (Å²) in [4.78, 5) is 4.54. The summed E-state index contributed by atoms with van der Waals surface area (Å²) < 4.78 is 10.9. The number of hydrogen-bond acceptors (Lipinski definition) is 5. The molecule has 0 unspecified atom stereocenters. The van der Waals surface area contributed by atoms with Gasteiger partial charge in [0.15, 0.2) is 0 Å². The highest BCUT2D eigenvalue weighted by Crippen LogP contribution is 2.37. The summed E-state index contributed by atoms with van der Waals surface area (Å²) in [6, 6.07) is 15.3. The zero-order valence-corrected chi connectivity index (χ0v) is 14.4. The Hall–Kier alpha value is -2.92. The van der Waals surface area contributed by atoms with Crippen LogP contribution in [0.2, 0.25) is 5.02 Å². The Morgan fingerprint density at radius 1 is 0.840 bits per heavy atom. The summed E-state index contributed by atoms with van der Waals surface area (Å²) >= 11 is 6.30. The maximum atomic E-state index is 6.30. The predicted molar refractivity (Wildman–Crippen MR) is 95.2 cm³/mol. The van der Waals surface area contributed by atoms with Crippen molar-refractivity contribution in [1.82, 2.24) is 15.3 Å². The second-order valence-electron chi connectivity index (χ2n) is 5.68. The maximum absolute atomic E-state index is 6.30. The van der Waals surface area contributed by atoms with Crippen molar-refractivity contribution < 1.29 is 9.05 Å². The molecule has 0 aliphatic heterocycles. The third kappa shape index (κ3) is 2.72. The van der Waals surface area contributed by atoms with E-state index in [0.717, 1.165) is 16.7 Å². The van der Waals surface area contributed by atoms with Crippen LogP contribution in [0.25, 0.3) is 34.1 Å². The number of halogens is 1. The van der Waals surface area contributed by atoms with Crippen molar-refractivity contribution in [3.8, 4) is 34.1 Å². The van der Waals surface area contributed by atoms with Crippen molar-refractivity contribution >= 4 is 11.6 Å². The second kappa shape index (κ2) is 6.18. The summed E-state index contributed by atoms with van der Waals surface area (Å²) in [5.41, 5.74) is 3.99. The highest BCUT2D eigenvalue weighted by Gasteiger charge is 2.24. The Labute approximate surface area is 149 Å². The van der Waals surface area contributed by atoms with Crippen LogP contribution in [0.15, 0.2) is 57.6 Å². The fourth-order valence-corrected chi connectivity index (χ4v) is 2.94. The molecule has 4 aromatic rings. The zero-order valence-electron chi connectivity index (χ0n) is 13.7. The molecule has 6 heteroatoms. The van der Waals surface area contributed by atoms with Crippen molar-refractivity contribution in [2.75, 3.05) is 0 Å². The summed E-state index contributed by atoms with van der Waals surface area (Å²) in [6.45, 7) is 3.81. The Morgan fingerprint density at radius 2 is 1.56 bits per heavy atom. The van der Waals surface area contributed by atoms with Crippen LogP contribution < -0.4 is 0 Å². The Morgan fingerprint density at radius 3 is 2.32 bits per heavy atom. The van der Waals surface area contributed by atoms with Gasteiger partial charge in [-0.2, -0.15) is 4.98 Å². The van der Waals surface area contributed by atoms with Gasteiger partial charge in [0, 0.05) is 11.1 Å². The van der Waals surface area contributed by atoms with Crippen LogP contribution in [0.4, 0.5) is 0 Å². The normalized spacial score (nSPS) is 11.0. The fourth-order valence-electron chi connectivity index (χ4n) is 2.72. The molecule has 5 nitrogen and oxygen atoms in total. The lowest BCUT2D eigenvalue weighted by atomic mass is 10.1. The third-order valence-corrected chi connectivity index (χ3v) is 4.35. The lowest BCUT2D eigenvalue weighted by Crippen LogP contribution is -1.87. The molecule has 2 aromatic heterocycles. The van der Waals surface area contributed by atoms with Crippen molar-refractivity contribution in [2.24, 2.45) is 0 Å². The molecular formula is C19H14ClN3O2. The number of aryl methyl sites for hydroxylation is 2. The molecule has 0 aliphatic rings. The van der Waals surface area contributed by atoms with E-state index in [1.54, 1.807) is 13.0 Å². The molecule has 0 atom stereocenters. The van der Waals surface area contributed by atoms with Gasteiger partial charge in [-0.05, 0) is 25.5 Å². The molecule has 0 radical (unpaired) electrons. The maximum Gasteiger partial charge on any atom is 0.264 e. The first-order valence-electron chi connectivity index (χ1n) is 7.76. The van der Waals surface area contributed by atoms with E-state index in [9.17, 15) is 0 Å². The van der Waals surface area contributed by atoms with Gasteiger partial charge in [0.05, 0.1) is 5.02 Å². The van der Waals surface area contributed by atoms with Gasteiger partial charge in [-0.25, -0.2) is 0 Å². The molecular weight excluding hydrogens is 338 g/mol. The molecule has 2 heterocycles. The SMILES string of the molecule is Cc1ccccc1-c1noc(-c2c(-c3ccccc3Cl)noc2C)n1. The van der Waals surface area contributed by atoms with Crippen LogP contribution in [0.5, 0.6) is 0 Å². The molecule has 0 amide bonds.